The molecule has 0 saturated carbocycles. The van der Waals surface area contributed by atoms with Gasteiger partial charge in [0, 0.05) is 22.9 Å². The Hall–Kier alpha value is -3.62. The van der Waals surface area contributed by atoms with Gasteiger partial charge in [-0.2, -0.15) is 0 Å². The van der Waals surface area contributed by atoms with E-state index in [4.69, 9.17) is 10.5 Å². The van der Waals surface area contributed by atoms with Crippen molar-refractivity contribution in [2.24, 2.45) is 0 Å². The largest absolute Gasteiger partial charge is 0.472 e. The number of ether oxygens (including phenoxy) is 1. The number of amides is 1. The van der Waals surface area contributed by atoms with E-state index >= 15 is 0 Å². The lowest BCUT2D eigenvalue weighted by atomic mass is 10.0. The molecule has 1 atom stereocenters. The van der Waals surface area contributed by atoms with Gasteiger partial charge in [0.25, 0.3) is 5.91 Å². The second kappa shape index (κ2) is 7.08. The van der Waals surface area contributed by atoms with Crippen LogP contribution >= 0.6 is 0 Å². The minimum atomic E-state index is -0.886. The molecule has 1 amide bonds. The number of carbonyl (C=O) groups is 1. The smallest absolute Gasteiger partial charge is 0.267 e. The van der Waals surface area contributed by atoms with E-state index < -0.39 is 29.5 Å². The molecular formula is C20H15F3N4O2. The van der Waals surface area contributed by atoms with Gasteiger partial charge in [0.2, 0.25) is 5.88 Å². The highest BCUT2D eigenvalue weighted by Crippen LogP contribution is 2.32. The number of rotatable bonds is 2. The van der Waals surface area contributed by atoms with Gasteiger partial charge in [0.15, 0.2) is 0 Å². The van der Waals surface area contributed by atoms with Gasteiger partial charge in [0.1, 0.15) is 41.3 Å². The number of anilines is 2. The normalized spacial score (nSPS) is 16.2. The molecule has 0 aliphatic carbocycles. The number of carbonyl (C=O) groups excluding carboxylic acids is 1. The summed E-state index contributed by atoms with van der Waals surface area (Å²) in [5, 5.41) is 0. The number of nitrogen functional groups attached to an aromatic ring is 1. The average molecular weight is 400 g/mol. The van der Waals surface area contributed by atoms with Crippen LogP contribution in [0.5, 0.6) is 5.88 Å². The summed E-state index contributed by atoms with van der Waals surface area (Å²) < 4.78 is 47.6. The number of nitrogens with zero attached hydrogens (tertiary/aromatic N) is 3. The lowest BCUT2D eigenvalue weighted by molar-refractivity contribution is 0.0988. The van der Waals surface area contributed by atoms with E-state index in [1.54, 1.807) is 6.92 Å². The van der Waals surface area contributed by atoms with E-state index in [9.17, 15) is 18.0 Å². The third-order valence-electron chi connectivity index (χ3n) is 4.54. The minimum absolute atomic E-state index is 0.00841. The molecule has 3 aromatic rings. The van der Waals surface area contributed by atoms with Gasteiger partial charge in [-0.3, -0.25) is 4.79 Å². The summed E-state index contributed by atoms with van der Waals surface area (Å²) >= 11 is 0. The zero-order valence-electron chi connectivity index (χ0n) is 15.2. The fourth-order valence-electron chi connectivity index (χ4n) is 3.20. The molecule has 1 unspecified atom stereocenters. The molecule has 0 fully saturated rings. The maximum Gasteiger partial charge on any atom is 0.267 e. The number of hydrogen-bond donors (Lipinski definition) is 1. The predicted molar refractivity (Wildman–Crippen MR) is 100.0 cm³/mol. The fraction of sp³-hybridized carbons (Fsp3) is 0.150. The van der Waals surface area contributed by atoms with Gasteiger partial charge >= 0.3 is 0 Å². The van der Waals surface area contributed by atoms with Crippen LogP contribution in [0, 0.1) is 17.5 Å². The van der Waals surface area contributed by atoms with Crippen LogP contribution in [-0.4, -0.2) is 28.5 Å². The number of benzene rings is 2. The maximum atomic E-state index is 14.8. The van der Waals surface area contributed by atoms with Crippen molar-refractivity contribution in [3.63, 3.8) is 0 Å². The summed E-state index contributed by atoms with van der Waals surface area (Å²) in [4.78, 5) is 22.1. The Labute approximate surface area is 163 Å². The molecule has 1 aliphatic heterocycles. The molecule has 0 bridgehead atoms. The first-order chi connectivity index (χ1) is 13.8. The zero-order valence-corrected chi connectivity index (χ0v) is 15.2. The number of aromatic nitrogens is 2. The lowest BCUT2D eigenvalue weighted by Crippen LogP contribution is -2.36. The van der Waals surface area contributed by atoms with Crippen LogP contribution in [0.3, 0.4) is 0 Å². The highest BCUT2D eigenvalue weighted by atomic mass is 19.1. The molecule has 0 radical (unpaired) electrons. The topological polar surface area (TPSA) is 81.3 Å². The molecular weight excluding hydrogens is 385 g/mol. The highest BCUT2D eigenvalue weighted by molar-refractivity contribution is 6.10. The average Bonchev–Trinajstić information content (AvgIpc) is 2.79. The second-order valence-electron chi connectivity index (χ2n) is 6.57. The molecule has 1 aromatic heterocycles. The second-order valence-corrected chi connectivity index (χ2v) is 6.57. The number of halogens is 3. The maximum absolute atomic E-state index is 14.8. The van der Waals surface area contributed by atoms with E-state index in [0.717, 1.165) is 18.2 Å². The Balaban J connectivity index is 1.76. The number of nitrogens with two attached hydrogens (primary N) is 1. The van der Waals surface area contributed by atoms with Crippen molar-refractivity contribution in [3.05, 3.63) is 65.7 Å². The molecule has 29 heavy (non-hydrogen) atoms. The van der Waals surface area contributed by atoms with Crippen molar-refractivity contribution in [2.45, 2.75) is 13.0 Å². The van der Waals surface area contributed by atoms with E-state index in [1.807, 2.05) is 0 Å². The summed E-state index contributed by atoms with van der Waals surface area (Å²) in [6.07, 6.45) is 0.738. The number of hydrogen-bond acceptors (Lipinski definition) is 5. The van der Waals surface area contributed by atoms with Gasteiger partial charge in [-0.15, -0.1) is 0 Å². The van der Waals surface area contributed by atoms with Crippen LogP contribution < -0.4 is 15.4 Å². The van der Waals surface area contributed by atoms with Crippen molar-refractivity contribution in [2.75, 3.05) is 17.2 Å². The van der Waals surface area contributed by atoms with Crippen LogP contribution in [-0.2, 0) is 0 Å². The lowest BCUT2D eigenvalue weighted by Gasteiger charge is -2.23. The van der Waals surface area contributed by atoms with E-state index in [-0.39, 0.29) is 40.6 Å². The van der Waals surface area contributed by atoms with Gasteiger partial charge in [-0.25, -0.2) is 23.1 Å². The van der Waals surface area contributed by atoms with Crippen molar-refractivity contribution in [1.29, 1.82) is 0 Å². The van der Waals surface area contributed by atoms with Crippen molar-refractivity contribution < 1.29 is 22.7 Å². The third-order valence-corrected chi connectivity index (χ3v) is 4.54. The molecule has 0 spiro atoms. The molecule has 4 rings (SSSR count). The quantitative estimate of drug-likeness (QED) is 0.711. The fourth-order valence-corrected chi connectivity index (χ4v) is 3.20. The summed E-state index contributed by atoms with van der Waals surface area (Å²) in [6.45, 7) is 1.84. The van der Waals surface area contributed by atoms with Crippen LogP contribution in [0.15, 0.2) is 42.7 Å². The Bertz CT molecular complexity index is 1120. The zero-order chi connectivity index (χ0) is 20.7. The van der Waals surface area contributed by atoms with Gasteiger partial charge in [-0.1, -0.05) is 0 Å². The molecule has 0 saturated heterocycles. The monoisotopic (exact) mass is 400 g/mol. The van der Waals surface area contributed by atoms with Crippen molar-refractivity contribution >= 4 is 17.4 Å². The van der Waals surface area contributed by atoms with E-state index in [2.05, 4.69) is 9.97 Å². The third kappa shape index (κ3) is 3.35. The van der Waals surface area contributed by atoms with Gasteiger partial charge < -0.3 is 15.4 Å². The first-order valence-corrected chi connectivity index (χ1v) is 8.69. The van der Waals surface area contributed by atoms with E-state index in [1.165, 1.54) is 23.4 Å². The number of fused-ring (bicyclic) bond motifs is 1. The molecule has 2 heterocycles. The first-order valence-electron chi connectivity index (χ1n) is 8.69. The molecule has 148 valence electrons. The van der Waals surface area contributed by atoms with Gasteiger partial charge in [-0.05, 0) is 37.3 Å². The van der Waals surface area contributed by atoms with E-state index in [0.29, 0.717) is 6.07 Å². The Kier molecular flexibility index (Phi) is 4.57. The Morgan fingerprint density at radius 2 is 1.76 bits per heavy atom. The first kappa shape index (κ1) is 18.7. The van der Waals surface area contributed by atoms with Crippen molar-refractivity contribution in [1.82, 2.24) is 9.97 Å². The SMILES string of the molecule is CC1CN(c2ccc(-c3ccc(F)cc3F)c(F)c2)C(=O)c2c(N)ncnc2O1. The summed E-state index contributed by atoms with van der Waals surface area (Å²) in [7, 11) is 0. The van der Waals surface area contributed by atoms with Gasteiger partial charge in [0.05, 0.1) is 6.54 Å². The highest BCUT2D eigenvalue weighted by Gasteiger charge is 2.32. The Morgan fingerprint density at radius 3 is 2.45 bits per heavy atom. The van der Waals surface area contributed by atoms with Crippen molar-refractivity contribution in [3.8, 4) is 17.0 Å². The molecule has 2 aromatic carbocycles. The summed E-state index contributed by atoms with van der Waals surface area (Å²) in [5.41, 5.74) is 5.90. The minimum Gasteiger partial charge on any atom is -0.472 e. The summed E-state index contributed by atoms with van der Waals surface area (Å²) in [5.74, 6) is -2.94. The van der Waals surface area contributed by atoms with Crippen LogP contribution in [0.1, 0.15) is 17.3 Å². The summed E-state index contributed by atoms with van der Waals surface area (Å²) in [6, 6.07) is 6.79. The van der Waals surface area contributed by atoms with Crippen LogP contribution in [0.25, 0.3) is 11.1 Å². The standard InChI is InChI=1S/C20H15F3N4O2/c1-10-8-27(20(28)17-18(24)25-9-26-19(17)29-10)12-3-5-14(16(23)7-12)13-4-2-11(21)6-15(13)22/h2-7,9-10H,8H2,1H3,(H2,24,25,26). The molecule has 9 heteroatoms. The molecule has 6 nitrogen and oxygen atoms in total. The Morgan fingerprint density at radius 1 is 1.07 bits per heavy atom. The van der Waals surface area contributed by atoms with Crippen LogP contribution in [0.2, 0.25) is 0 Å². The van der Waals surface area contributed by atoms with Crippen LogP contribution in [0.4, 0.5) is 24.7 Å². The predicted octanol–water partition coefficient (Wildman–Crippen LogP) is 3.57. The molecule has 2 N–H and O–H groups in total. The molecule has 1 aliphatic rings.